The van der Waals surface area contributed by atoms with Gasteiger partial charge in [0.25, 0.3) is 0 Å². The van der Waals surface area contributed by atoms with Crippen molar-refractivity contribution in [1.29, 1.82) is 0 Å². The van der Waals surface area contributed by atoms with Gasteiger partial charge in [0.1, 0.15) is 0 Å². The lowest BCUT2D eigenvalue weighted by molar-refractivity contribution is -0.597. The zero-order valence-electron chi connectivity index (χ0n) is 34.6. The third-order valence-corrected chi connectivity index (χ3v) is 17.5. The fraction of sp³-hybridized carbons (Fsp3) is 0. The minimum atomic E-state index is -1.50. The molecule has 64 heavy (non-hydrogen) atoms. The Kier molecular flexibility index (Phi) is 39.7. The topological polar surface area (TPSA) is 92.2 Å². The van der Waals surface area contributed by atoms with Crippen LogP contribution in [-0.2, 0) is 0 Å². The summed E-state index contributed by atoms with van der Waals surface area (Å²) in [4.78, 5) is 0. The van der Waals surface area contributed by atoms with Crippen LogP contribution in [-0.4, -0.2) is 31.0 Å². The van der Waals surface area contributed by atoms with Crippen LogP contribution in [0.25, 0.3) is 0 Å². The summed E-state index contributed by atoms with van der Waals surface area (Å²) in [5, 5.41) is 33.1. The molecule has 0 aliphatic carbocycles. The summed E-state index contributed by atoms with van der Waals surface area (Å²) in [7, 11) is -6.00. The lowest BCUT2D eigenvalue weighted by Gasteiger charge is -1.84. The van der Waals surface area contributed by atoms with E-state index in [0.29, 0.717) is 0 Å². The van der Waals surface area contributed by atoms with Crippen molar-refractivity contribution in [2.45, 2.75) is 0 Å². The van der Waals surface area contributed by atoms with Crippen molar-refractivity contribution >= 4 is 31.0 Å². The highest BCUT2D eigenvalue weighted by Crippen LogP contribution is 1.89. The molecule has 0 radical (unpaired) electrons. The number of rotatable bonds is 8. The quantitative estimate of drug-likeness (QED) is 0.0862. The molecule has 328 valence electrons. The number of hydrogen-bond donors (Lipinski definition) is 0. The monoisotopic (exact) mass is 1310 g/mol. The molecule has 0 unspecified atom stereocenters. The molecule has 0 amide bonds. The van der Waals surface area contributed by atoms with E-state index in [1.54, 1.807) is 0 Å². The molecule has 0 bridgehead atoms. The first-order valence-electron chi connectivity index (χ1n) is 19.0. The fourth-order valence-corrected chi connectivity index (χ4v) is 13.4. The second-order valence-corrected chi connectivity index (χ2v) is 23.3. The van der Waals surface area contributed by atoms with Crippen molar-refractivity contribution in [1.82, 2.24) is 0 Å². The first-order valence-corrected chi connectivity index (χ1v) is 27.7. The minimum absolute atomic E-state index is 0.0287. The molecule has 0 spiro atoms. The van der Waals surface area contributed by atoms with Gasteiger partial charge in [-0.25, -0.2) is 0 Å². The lowest BCUT2D eigenvalue weighted by Crippen LogP contribution is -3.61. The van der Waals surface area contributed by atoms with Crippen LogP contribution in [0, 0.1) is 28.6 Å². The van der Waals surface area contributed by atoms with E-state index in [9.17, 15) is 17.3 Å². The van der Waals surface area contributed by atoms with Crippen molar-refractivity contribution in [2.75, 3.05) is 0 Å². The standard InChI is InChI=1S/4C12H10I.4BFHO/c4*1-3-7-11(8-4-1)13-12-9-5-2-6-10-12;4*2-1-3/h4*1-10H;4*1H/q4*+1;4*-1. The summed E-state index contributed by atoms with van der Waals surface area (Å²) < 4.78 is 50.8. The van der Waals surface area contributed by atoms with E-state index in [1.807, 2.05) is 0 Å². The molecule has 4 nitrogen and oxygen atoms in total. The van der Waals surface area contributed by atoms with Crippen molar-refractivity contribution in [3.8, 4) is 0 Å². The van der Waals surface area contributed by atoms with Crippen LogP contribution in [0.15, 0.2) is 243 Å². The maximum Gasteiger partial charge on any atom is 0.357 e. The van der Waals surface area contributed by atoms with Crippen LogP contribution in [0.5, 0.6) is 0 Å². The molecular formula is C48H44B4F4I4O4. The van der Waals surface area contributed by atoms with Gasteiger partial charge in [-0.05, 0) is 97.1 Å². The van der Waals surface area contributed by atoms with Gasteiger partial charge < -0.3 is 37.4 Å². The highest BCUT2D eigenvalue weighted by molar-refractivity contribution is 6.12. The Morgan fingerprint density at radius 3 is 0.359 bits per heavy atom. The molecule has 0 saturated heterocycles. The number of hydrogen-bond acceptors (Lipinski definition) is 4. The third kappa shape index (κ3) is 33.0. The molecule has 0 aliphatic rings. The number of halogens is 8. The molecule has 0 atom stereocenters. The van der Waals surface area contributed by atoms with Crippen molar-refractivity contribution in [3.63, 3.8) is 0 Å². The van der Waals surface area contributed by atoms with Crippen LogP contribution in [0.3, 0.4) is 0 Å². The van der Waals surface area contributed by atoms with E-state index in [1.165, 1.54) is 28.6 Å². The smallest absolute Gasteiger partial charge is 0.357 e. The summed E-state index contributed by atoms with van der Waals surface area (Å²) in [5.41, 5.74) is 0. The third-order valence-electron chi connectivity index (χ3n) is 6.74. The highest BCUT2D eigenvalue weighted by Gasteiger charge is 2.15. The van der Waals surface area contributed by atoms with Crippen LogP contribution in [0.4, 0.5) is 17.3 Å². The second kappa shape index (κ2) is 43.4. The van der Waals surface area contributed by atoms with E-state index >= 15 is 0 Å². The first-order chi connectivity index (χ1) is 31.5. The Morgan fingerprint density at radius 1 is 0.203 bits per heavy atom. The van der Waals surface area contributed by atoms with Crippen LogP contribution in [0.1, 0.15) is 0 Å². The summed E-state index contributed by atoms with van der Waals surface area (Å²) in [6.45, 7) is 0. The lowest BCUT2D eigenvalue weighted by atomic mass is 10.4. The average Bonchev–Trinajstić information content (AvgIpc) is 3.34. The van der Waals surface area contributed by atoms with E-state index in [2.05, 4.69) is 243 Å². The molecule has 0 heterocycles. The molecule has 0 N–H and O–H groups in total. The molecule has 0 aromatic heterocycles. The Hall–Kier alpha value is -3.50. The molecule has 8 aromatic carbocycles. The molecule has 8 aromatic rings. The summed E-state index contributed by atoms with van der Waals surface area (Å²) in [6, 6.07) is 85.6. The normalized spacial score (nSPS) is 8.88. The summed E-state index contributed by atoms with van der Waals surface area (Å²) >= 11 is 0.115. The van der Waals surface area contributed by atoms with Gasteiger partial charge in [-0.15, -0.1) is 0 Å². The number of benzene rings is 8. The maximum absolute atomic E-state index is 9.74. The van der Waals surface area contributed by atoms with Crippen molar-refractivity contribution in [2.24, 2.45) is 0 Å². The van der Waals surface area contributed by atoms with Gasteiger partial charge in [-0.2, -0.15) is 0 Å². The second-order valence-electron chi connectivity index (χ2n) is 11.2. The summed E-state index contributed by atoms with van der Waals surface area (Å²) in [6.07, 6.45) is 0. The van der Waals surface area contributed by atoms with Crippen molar-refractivity contribution < 1.29 is 122 Å². The van der Waals surface area contributed by atoms with Gasteiger partial charge in [-0.3, -0.25) is 0 Å². The Labute approximate surface area is 420 Å². The predicted octanol–water partition coefficient (Wildman–Crippen LogP) is -6.41. The largest absolute Gasteiger partial charge is 0.855 e. The highest BCUT2D eigenvalue weighted by atomic mass is 127. The van der Waals surface area contributed by atoms with E-state index in [0.717, 1.165) is 0 Å². The Balaban J connectivity index is 0.000000393. The Bertz CT molecular complexity index is 1700. The van der Waals surface area contributed by atoms with Crippen LogP contribution >= 0.6 is 0 Å². The van der Waals surface area contributed by atoms with Gasteiger partial charge in [0.05, 0.1) is 0 Å². The SMILES string of the molecule is [O-]BF.[O-]BF.[O-]BF.[O-]BF.c1ccc([I+]c2ccccc2)cc1.c1ccc([I+]c2ccccc2)cc1.c1ccc([I+]c2ccccc2)cc1.c1ccc([I+]c2ccccc2)cc1. The minimum Gasteiger partial charge on any atom is -0.855 e. The van der Waals surface area contributed by atoms with Gasteiger partial charge in [0.2, 0.25) is 31.0 Å². The van der Waals surface area contributed by atoms with Crippen LogP contribution < -0.4 is 105 Å². The van der Waals surface area contributed by atoms with Gasteiger partial charge in [0.15, 0.2) is 28.6 Å². The van der Waals surface area contributed by atoms with Gasteiger partial charge in [0, 0.05) is 0 Å². The fourth-order valence-electron chi connectivity index (χ4n) is 4.33. The predicted molar refractivity (Wildman–Crippen MR) is 234 cm³/mol. The zero-order valence-corrected chi connectivity index (χ0v) is 43.2. The zero-order chi connectivity index (χ0) is 46.6. The van der Waals surface area contributed by atoms with Gasteiger partial charge >= 0.3 is 84.8 Å². The Morgan fingerprint density at radius 2 is 0.281 bits per heavy atom. The van der Waals surface area contributed by atoms with E-state index in [4.69, 9.17) is 20.1 Å². The van der Waals surface area contributed by atoms with Gasteiger partial charge in [-0.1, -0.05) is 146 Å². The van der Waals surface area contributed by atoms with Crippen molar-refractivity contribution in [3.05, 3.63) is 271 Å². The summed E-state index contributed by atoms with van der Waals surface area (Å²) in [5.74, 6) is 0. The van der Waals surface area contributed by atoms with E-state index < -0.39 is 31.0 Å². The average molecular weight is 1310 g/mol. The van der Waals surface area contributed by atoms with Crippen LogP contribution in [0.2, 0.25) is 0 Å². The van der Waals surface area contributed by atoms with E-state index in [-0.39, 0.29) is 84.8 Å². The molecular weight excluding hydrogens is 1270 g/mol. The molecule has 0 aliphatic heterocycles. The maximum atomic E-state index is 9.74. The first kappa shape index (κ1) is 58.5. The molecule has 0 saturated carbocycles. The molecule has 0 fully saturated rings. The molecule has 16 heteroatoms. The molecule has 8 rings (SSSR count).